The number of phenolic OH excluding ortho intramolecular Hbond substituents is 1. The van der Waals surface area contributed by atoms with Crippen LogP contribution in [0.15, 0.2) is 53.0 Å². The minimum Gasteiger partial charge on any atom is -0.508 e. The van der Waals surface area contributed by atoms with Crippen molar-refractivity contribution in [3.8, 4) is 5.75 Å². The highest BCUT2D eigenvalue weighted by Crippen LogP contribution is 2.23. The van der Waals surface area contributed by atoms with Crippen molar-refractivity contribution < 1.29 is 10.2 Å². The van der Waals surface area contributed by atoms with Crippen LogP contribution in [0.25, 0.3) is 0 Å². The Balaban J connectivity index is 1.97. The zero-order valence-corrected chi connectivity index (χ0v) is 12.9. The van der Waals surface area contributed by atoms with Gasteiger partial charge in [0, 0.05) is 17.6 Å². The fourth-order valence-corrected chi connectivity index (χ4v) is 2.42. The number of phenols is 1. The Bertz CT molecular complexity index is 570. The van der Waals surface area contributed by atoms with Gasteiger partial charge in [0.1, 0.15) is 5.75 Å². The van der Waals surface area contributed by atoms with Crippen molar-refractivity contribution >= 4 is 15.9 Å². The number of aliphatic hydroxyl groups is 1. The van der Waals surface area contributed by atoms with E-state index in [0.29, 0.717) is 13.1 Å². The Hall–Kier alpha value is -1.36. The molecule has 3 nitrogen and oxygen atoms in total. The van der Waals surface area contributed by atoms with Crippen LogP contribution in [0.2, 0.25) is 0 Å². The van der Waals surface area contributed by atoms with Crippen molar-refractivity contribution in [1.29, 1.82) is 0 Å². The Morgan fingerprint density at radius 1 is 1.15 bits per heavy atom. The second-order valence-electron chi connectivity index (χ2n) is 5.02. The van der Waals surface area contributed by atoms with Crippen LogP contribution in [0.5, 0.6) is 5.75 Å². The van der Waals surface area contributed by atoms with Gasteiger partial charge in [0.15, 0.2) is 0 Å². The van der Waals surface area contributed by atoms with E-state index in [0.717, 1.165) is 15.6 Å². The average molecular weight is 336 g/mol. The van der Waals surface area contributed by atoms with Crippen LogP contribution in [0.3, 0.4) is 0 Å². The zero-order chi connectivity index (χ0) is 14.6. The smallest absolute Gasteiger partial charge is 0.115 e. The van der Waals surface area contributed by atoms with Gasteiger partial charge in [-0.1, -0.05) is 46.3 Å². The van der Waals surface area contributed by atoms with Crippen molar-refractivity contribution in [2.45, 2.75) is 19.1 Å². The minimum atomic E-state index is -0.926. The molecule has 0 fully saturated rings. The maximum atomic E-state index is 10.5. The summed E-state index contributed by atoms with van der Waals surface area (Å²) >= 11 is 3.44. The molecule has 0 aliphatic heterocycles. The summed E-state index contributed by atoms with van der Waals surface area (Å²) in [5, 5.41) is 23.2. The van der Waals surface area contributed by atoms with Crippen molar-refractivity contribution in [1.82, 2.24) is 5.32 Å². The molecule has 0 spiro atoms. The lowest BCUT2D eigenvalue weighted by Gasteiger charge is -2.24. The SMILES string of the molecule is CC(O)(CNCc1cc(O)ccc1Br)c1ccccc1. The number of aromatic hydroxyl groups is 1. The summed E-state index contributed by atoms with van der Waals surface area (Å²) in [6.07, 6.45) is 0. The molecule has 0 saturated heterocycles. The van der Waals surface area contributed by atoms with Gasteiger partial charge in [-0.2, -0.15) is 0 Å². The second kappa shape index (κ2) is 6.39. The summed E-state index contributed by atoms with van der Waals surface area (Å²) in [6, 6.07) is 14.7. The highest BCUT2D eigenvalue weighted by molar-refractivity contribution is 9.10. The second-order valence-corrected chi connectivity index (χ2v) is 5.87. The number of hydrogen-bond acceptors (Lipinski definition) is 3. The fourth-order valence-electron chi connectivity index (χ4n) is 2.04. The molecular weight excluding hydrogens is 318 g/mol. The topological polar surface area (TPSA) is 52.5 Å². The lowest BCUT2D eigenvalue weighted by Crippen LogP contribution is -2.35. The molecule has 0 heterocycles. The van der Waals surface area contributed by atoms with Gasteiger partial charge in [-0.3, -0.25) is 0 Å². The zero-order valence-electron chi connectivity index (χ0n) is 11.3. The van der Waals surface area contributed by atoms with E-state index in [1.807, 2.05) is 36.4 Å². The first-order valence-corrected chi connectivity index (χ1v) is 7.24. The Kier molecular flexibility index (Phi) is 4.81. The Labute approximate surface area is 127 Å². The number of rotatable bonds is 5. The van der Waals surface area contributed by atoms with Crippen LogP contribution in [-0.4, -0.2) is 16.8 Å². The summed E-state index contributed by atoms with van der Waals surface area (Å²) in [4.78, 5) is 0. The van der Waals surface area contributed by atoms with Gasteiger partial charge >= 0.3 is 0 Å². The molecule has 0 bridgehead atoms. The third-order valence-corrected chi connectivity index (χ3v) is 3.98. The van der Waals surface area contributed by atoms with Crippen LogP contribution in [0.4, 0.5) is 0 Å². The van der Waals surface area contributed by atoms with Gasteiger partial charge in [-0.05, 0) is 36.2 Å². The van der Waals surface area contributed by atoms with E-state index in [-0.39, 0.29) is 5.75 Å². The molecule has 106 valence electrons. The van der Waals surface area contributed by atoms with Crippen molar-refractivity contribution in [2.75, 3.05) is 6.54 Å². The third kappa shape index (κ3) is 3.82. The molecule has 2 rings (SSSR count). The van der Waals surface area contributed by atoms with Crippen LogP contribution in [0.1, 0.15) is 18.1 Å². The standard InChI is InChI=1S/C16H18BrNO2/c1-16(20,13-5-3-2-4-6-13)11-18-10-12-9-14(19)7-8-15(12)17/h2-9,18-20H,10-11H2,1H3. The fraction of sp³-hybridized carbons (Fsp3) is 0.250. The molecule has 0 amide bonds. The molecule has 2 aromatic rings. The molecule has 4 heteroatoms. The number of hydrogen-bond donors (Lipinski definition) is 3. The first-order valence-electron chi connectivity index (χ1n) is 6.45. The summed E-state index contributed by atoms with van der Waals surface area (Å²) in [6.45, 7) is 2.78. The molecule has 3 N–H and O–H groups in total. The molecule has 0 radical (unpaired) electrons. The van der Waals surface area contributed by atoms with E-state index in [1.165, 1.54) is 0 Å². The van der Waals surface area contributed by atoms with Crippen LogP contribution in [-0.2, 0) is 12.1 Å². The van der Waals surface area contributed by atoms with Crippen molar-refractivity contribution in [2.24, 2.45) is 0 Å². The highest BCUT2D eigenvalue weighted by Gasteiger charge is 2.22. The van der Waals surface area contributed by atoms with Crippen LogP contribution >= 0.6 is 15.9 Å². The Morgan fingerprint density at radius 3 is 2.55 bits per heavy atom. The van der Waals surface area contributed by atoms with Crippen molar-refractivity contribution in [3.63, 3.8) is 0 Å². The minimum absolute atomic E-state index is 0.236. The molecule has 2 aromatic carbocycles. The molecule has 0 aliphatic carbocycles. The number of halogens is 1. The van der Waals surface area contributed by atoms with E-state index in [1.54, 1.807) is 19.1 Å². The van der Waals surface area contributed by atoms with Crippen LogP contribution < -0.4 is 5.32 Å². The summed E-state index contributed by atoms with van der Waals surface area (Å²) < 4.78 is 0.933. The molecule has 0 aromatic heterocycles. The highest BCUT2D eigenvalue weighted by atomic mass is 79.9. The van der Waals surface area contributed by atoms with Gasteiger partial charge in [0.05, 0.1) is 5.60 Å². The van der Waals surface area contributed by atoms with E-state index in [9.17, 15) is 10.2 Å². The molecule has 20 heavy (non-hydrogen) atoms. The largest absolute Gasteiger partial charge is 0.508 e. The molecule has 1 unspecified atom stereocenters. The third-order valence-electron chi connectivity index (χ3n) is 3.21. The normalized spacial score (nSPS) is 13.9. The average Bonchev–Trinajstić information content (AvgIpc) is 2.43. The lowest BCUT2D eigenvalue weighted by molar-refractivity contribution is 0.0566. The van der Waals surface area contributed by atoms with E-state index < -0.39 is 5.60 Å². The molecule has 0 aliphatic rings. The van der Waals surface area contributed by atoms with Gasteiger partial charge in [0.2, 0.25) is 0 Å². The maximum absolute atomic E-state index is 10.5. The molecule has 1 atom stereocenters. The number of nitrogens with one attached hydrogen (secondary N) is 1. The van der Waals surface area contributed by atoms with E-state index in [4.69, 9.17) is 0 Å². The predicted octanol–water partition coefficient (Wildman–Crippen LogP) is 3.15. The Morgan fingerprint density at radius 2 is 1.85 bits per heavy atom. The summed E-state index contributed by atoms with van der Waals surface area (Å²) in [5.74, 6) is 0.236. The molecular formula is C16H18BrNO2. The monoisotopic (exact) mass is 335 g/mol. The summed E-state index contributed by atoms with van der Waals surface area (Å²) in [7, 11) is 0. The first kappa shape index (κ1) is 15.0. The maximum Gasteiger partial charge on any atom is 0.115 e. The van der Waals surface area contributed by atoms with E-state index >= 15 is 0 Å². The van der Waals surface area contributed by atoms with Gasteiger partial charge in [-0.15, -0.1) is 0 Å². The number of benzene rings is 2. The first-order chi connectivity index (χ1) is 9.49. The van der Waals surface area contributed by atoms with Gasteiger partial charge < -0.3 is 15.5 Å². The molecule has 0 saturated carbocycles. The van der Waals surface area contributed by atoms with Gasteiger partial charge in [0.25, 0.3) is 0 Å². The van der Waals surface area contributed by atoms with Crippen LogP contribution in [0, 0.1) is 0 Å². The van der Waals surface area contributed by atoms with Crippen molar-refractivity contribution in [3.05, 3.63) is 64.1 Å². The lowest BCUT2D eigenvalue weighted by atomic mass is 9.96. The van der Waals surface area contributed by atoms with Gasteiger partial charge in [-0.25, -0.2) is 0 Å². The predicted molar refractivity (Wildman–Crippen MR) is 83.5 cm³/mol. The quantitative estimate of drug-likeness (QED) is 0.786. The summed E-state index contributed by atoms with van der Waals surface area (Å²) in [5.41, 5.74) is 0.904. The van der Waals surface area contributed by atoms with E-state index in [2.05, 4.69) is 21.2 Å².